The predicted molar refractivity (Wildman–Crippen MR) is 118 cm³/mol. The van der Waals surface area contributed by atoms with E-state index in [1.54, 1.807) is 7.11 Å². The Morgan fingerprint density at radius 3 is 2.81 bits per heavy atom. The third-order valence-corrected chi connectivity index (χ3v) is 6.04. The van der Waals surface area contributed by atoms with Gasteiger partial charge in [-0.2, -0.15) is 0 Å². The van der Waals surface area contributed by atoms with Gasteiger partial charge in [-0.25, -0.2) is 0 Å². The lowest BCUT2D eigenvalue weighted by Gasteiger charge is -2.33. The Balaban J connectivity index is 1.20. The van der Waals surface area contributed by atoms with Crippen molar-refractivity contribution in [1.82, 2.24) is 10.3 Å². The maximum atomic E-state index is 12.7. The van der Waals surface area contributed by atoms with Crippen molar-refractivity contribution < 1.29 is 19.0 Å². The van der Waals surface area contributed by atoms with E-state index in [9.17, 15) is 4.79 Å². The van der Waals surface area contributed by atoms with E-state index in [1.165, 1.54) is 0 Å². The second kappa shape index (κ2) is 8.34. The Kier molecular flexibility index (Phi) is 5.24. The van der Waals surface area contributed by atoms with Crippen LogP contribution < -0.4 is 24.4 Å². The first kappa shape index (κ1) is 19.5. The molecule has 7 heteroatoms. The summed E-state index contributed by atoms with van der Waals surface area (Å²) in [5.41, 5.74) is 3.09. The first-order valence-electron chi connectivity index (χ1n) is 10.6. The SMILES string of the molecule is COc1ccc2nccc(N3CCC(C(=O)NCc4ccc5c(c4)OCO5)CC3)c2c1. The van der Waals surface area contributed by atoms with Gasteiger partial charge >= 0.3 is 0 Å². The number of nitrogens with one attached hydrogen (secondary N) is 1. The topological polar surface area (TPSA) is 72.9 Å². The molecule has 1 aromatic heterocycles. The molecule has 0 spiro atoms. The molecule has 7 nitrogen and oxygen atoms in total. The van der Waals surface area contributed by atoms with Crippen LogP contribution in [-0.2, 0) is 11.3 Å². The van der Waals surface area contributed by atoms with E-state index in [-0.39, 0.29) is 18.6 Å². The molecule has 5 rings (SSSR count). The zero-order chi connectivity index (χ0) is 21.2. The van der Waals surface area contributed by atoms with Crippen LogP contribution in [0.25, 0.3) is 10.9 Å². The minimum Gasteiger partial charge on any atom is -0.497 e. The molecule has 1 fully saturated rings. The Morgan fingerprint density at radius 2 is 1.97 bits per heavy atom. The van der Waals surface area contributed by atoms with E-state index in [4.69, 9.17) is 14.2 Å². The van der Waals surface area contributed by atoms with Crippen LogP contribution in [0, 0.1) is 5.92 Å². The molecular formula is C24H25N3O4. The third kappa shape index (κ3) is 3.95. The summed E-state index contributed by atoms with van der Waals surface area (Å²) < 4.78 is 16.1. The third-order valence-electron chi connectivity index (χ3n) is 6.04. The standard InChI is InChI=1S/C24H25N3O4/c1-29-18-3-4-20-19(13-18)21(6-9-25-20)27-10-7-17(8-11-27)24(28)26-14-16-2-5-22-23(12-16)31-15-30-22/h2-6,9,12-13,17H,7-8,10-11,14-15H2,1H3,(H,26,28). The van der Waals surface area contributed by atoms with Gasteiger partial charge in [0, 0.05) is 42.8 Å². The summed E-state index contributed by atoms with van der Waals surface area (Å²) in [6.07, 6.45) is 3.48. The van der Waals surface area contributed by atoms with Crippen molar-refractivity contribution in [2.24, 2.45) is 5.92 Å². The molecule has 2 aromatic carbocycles. The number of ether oxygens (including phenoxy) is 3. The zero-order valence-corrected chi connectivity index (χ0v) is 17.5. The van der Waals surface area contributed by atoms with Gasteiger partial charge in [-0.1, -0.05) is 6.07 Å². The van der Waals surface area contributed by atoms with E-state index in [1.807, 2.05) is 48.7 Å². The fourth-order valence-electron chi connectivity index (χ4n) is 4.28. The van der Waals surface area contributed by atoms with Gasteiger partial charge in [0.2, 0.25) is 12.7 Å². The van der Waals surface area contributed by atoms with Crippen molar-refractivity contribution in [3.05, 3.63) is 54.2 Å². The maximum absolute atomic E-state index is 12.7. The first-order valence-corrected chi connectivity index (χ1v) is 10.6. The Bertz CT molecular complexity index is 1110. The van der Waals surface area contributed by atoms with Crippen LogP contribution in [0.2, 0.25) is 0 Å². The number of pyridine rings is 1. The van der Waals surface area contributed by atoms with Crippen molar-refractivity contribution >= 4 is 22.5 Å². The van der Waals surface area contributed by atoms with Gasteiger partial charge in [-0.05, 0) is 54.8 Å². The van der Waals surface area contributed by atoms with Crippen LogP contribution >= 0.6 is 0 Å². The molecule has 0 atom stereocenters. The van der Waals surface area contributed by atoms with E-state index < -0.39 is 0 Å². The molecule has 160 valence electrons. The quantitative estimate of drug-likeness (QED) is 0.682. The summed E-state index contributed by atoms with van der Waals surface area (Å²) >= 11 is 0. The number of rotatable bonds is 5. The summed E-state index contributed by atoms with van der Waals surface area (Å²) in [4.78, 5) is 19.5. The second-order valence-electron chi connectivity index (χ2n) is 7.88. The van der Waals surface area contributed by atoms with Crippen molar-refractivity contribution in [2.45, 2.75) is 19.4 Å². The molecule has 31 heavy (non-hydrogen) atoms. The van der Waals surface area contributed by atoms with Crippen LogP contribution in [0.4, 0.5) is 5.69 Å². The number of carbonyl (C=O) groups excluding carboxylic acids is 1. The monoisotopic (exact) mass is 419 g/mol. The average Bonchev–Trinajstić information content (AvgIpc) is 3.30. The summed E-state index contributed by atoms with van der Waals surface area (Å²) in [7, 11) is 1.67. The number of fused-ring (bicyclic) bond motifs is 2. The molecule has 0 aliphatic carbocycles. The minimum absolute atomic E-state index is 0.0212. The lowest BCUT2D eigenvalue weighted by atomic mass is 9.95. The van der Waals surface area contributed by atoms with Gasteiger partial charge in [-0.15, -0.1) is 0 Å². The normalized spacial score (nSPS) is 15.8. The molecule has 3 heterocycles. The number of hydrogen-bond acceptors (Lipinski definition) is 6. The Morgan fingerprint density at radius 1 is 1.13 bits per heavy atom. The minimum atomic E-state index is 0.0212. The highest BCUT2D eigenvalue weighted by Crippen LogP contribution is 2.33. The number of nitrogens with zero attached hydrogens (tertiary/aromatic N) is 2. The Hall–Kier alpha value is -3.48. The predicted octanol–water partition coefficient (Wildman–Crippen LogP) is 3.50. The van der Waals surface area contributed by atoms with Crippen LogP contribution in [-0.4, -0.2) is 37.9 Å². The second-order valence-corrected chi connectivity index (χ2v) is 7.88. The molecule has 2 aliphatic heterocycles. The number of anilines is 1. The molecule has 0 unspecified atom stereocenters. The lowest BCUT2D eigenvalue weighted by molar-refractivity contribution is -0.125. The molecule has 0 saturated carbocycles. The number of aromatic nitrogens is 1. The van der Waals surface area contributed by atoms with Crippen molar-refractivity contribution in [1.29, 1.82) is 0 Å². The largest absolute Gasteiger partial charge is 0.497 e. The molecule has 0 bridgehead atoms. The number of piperidine rings is 1. The highest BCUT2D eigenvalue weighted by molar-refractivity contribution is 5.92. The summed E-state index contributed by atoms with van der Waals surface area (Å²) in [5.74, 6) is 2.44. The van der Waals surface area contributed by atoms with Gasteiger partial charge in [-0.3, -0.25) is 9.78 Å². The van der Waals surface area contributed by atoms with Gasteiger partial charge < -0.3 is 24.4 Å². The zero-order valence-electron chi connectivity index (χ0n) is 17.5. The highest BCUT2D eigenvalue weighted by atomic mass is 16.7. The molecule has 3 aromatic rings. The fraction of sp³-hybridized carbons (Fsp3) is 0.333. The average molecular weight is 419 g/mol. The number of methoxy groups -OCH3 is 1. The molecular weight excluding hydrogens is 394 g/mol. The fourth-order valence-corrected chi connectivity index (χ4v) is 4.28. The number of amides is 1. The van der Waals surface area contributed by atoms with Gasteiger partial charge in [0.05, 0.1) is 12.6 Å². The smallest absolute Gasteiger partial charge is 0.231 e. The maximum Gasteiger partial charge on any atom is 0.231 e. The number of carbonyl (C=O) groups is 1. The summed E-state index contributed by atoms with van der Waals surface area (Å²) in [5, 5.41) is 4.16. The summed E-state index contributed by atoms with van der Waals surface area (Å²) in [6.45, 7) is 2.41. The molecule has 1 N–H and O–H groups in total. The van der Waals surface area contributed by atoms with Crippen LogP contribution in [0.3, 0.4) is 0 Å². The van der Waals surface area contributed by atoms with Crippen LogP contribution in [0.5, 0.6) is 17.2 Å². The van der Waals surface area contributed by atoms with Gasteiger partial charge in [0.25, 0.3) is 0 Å². The van der Waals surface area contributed by atoms with Crippen LogP contribution in [0.1, 0.15) is 18.4 Å². The highest BCUT2D eigenvalue weighted by Gasteiger charge is 2.26. The molecule has 2 aliphatic rings. The van der Waals surface area contributed by atoms with E-state index >= 15 is 0 Å². The van der Waals surface area contributed by atoms with E-state index in [2.05, 4.69) is 15.2 Å². The first-order chi connectivity index (χ1) is 15.2. The lowest BCUT2D eigenvalue weighted by Crippen LogP contribution is -2.40. The molecule has 1 amide bonds. The molecule has 0 radical (unpaired) electrons. The van der Waals surface area contributed by atoms with Crippen LogP contribution in [0.15, 0.2) is 48.7 Å². The number of hydrogen-bond donors (Lipinski definition) is 1. The summed E-state index contributed by atoms with van der Waals surface area (Å²) in [6, 6.07) is 13.7. The van der Waals surface area contributed by atoms with Crippen molar-refractivity contribution in [3.8, 4) is 17.2 Å². The van der Waals surface area contributed by atoms with E-state index in [0.717, 1.165) is 65.3 Å². The van der Waals surface area contributed by atoms with E-state index in [0.29, 0.717) is 6.54 Å². The van der Waals surface area contributed by atoms with Crippen molar-refractivity contribution in [2.75, 3.05) is 31.9 Å². The van der Waals surface area contributed by atoms with Gasteiger partial charge in [0.1, 0.15) is 5.75 Å². The van der Waals surface area contributed by atoms with Gasteiger partial charge in [0.15, 0.2) is 11.5 Å². The Labute approximate surface area is 180 Å². The molecule has 1 saturated heterocycles. The van der Waals surface area contributed by atoms with Crippen molar-refractivity contribution in [3.63, 3.8) is 0 Å². The number of benzene rings is 2.